The molecule has 2 aromatic carbocycles. The molecule has 2 aromatic rings. The molecular formula is C21H23NO6. The number of esters is 1. The normalized spacial score (nSPS) is 10.5. The van der Waals surface area contributed by atoms with Crippen LogP contribution in [0.15, 0.2) is 48.5 Å². The minimum absolute atomic E-state index is 0.0730. The second-order valence-electron chi connectivity index (χ2n) is 5.69. The minimum atomic E-state index is -0.562. The number of benzene rings is 2. The van der Waals surface area contributed by atoms with Gasteiger partial charge in [0.15, 0.2) is 18.1 Å². The highest BCUT2D eigenvalue weighted by Crippen LogP contribution is 2.28. The second-order valence-corrected chi connectivity index (χ2v) is 5.69. The van der Waals surface area contributed by atoms with Crippen molar-refractivity contribution in [2.75, 3.05) is 20.3 Å². The van der Waals surface area contributed by atoms with Gasteiger partial charge in [0, 0.05) is 6.08 Å². The van der Waals surface area contributed by atoms with Gasteiger partial charge in [-0.15, -0.1) is 0 Å². The largest absolute Gasteiger partial charge is 0.493 e. The number of hydrogen-bond acceptors (Lipinski definition) is 6. The molecule has 0 unspecified atom stereocenters. The third-order valence-corrected chi connectivity index (χ3v) is 3.56. The molecule has 1 amide bonds. The van der Waals surface area contributed by atoms with Crippen molar-refractivity contribution < 1.29 is 28.5 Å². The van der Waals surface area contributed by atoms with Crippen molar-refractivity contribution in [1.82, 2.24) is 0 Å². The molecule has 2 rings (SSSR count). The Hall–Kier alpha value is -3.48. The van der Waals surface area contributed by atoms with E-state index >= 15 is 0 Å². The maximum absolute atomic E-state index is 12.0. The summed E-state index contributed by atoms with van der Waals surface area (Å²) in [6.45, 7) is 2.29. The lowest BCUT2D eigenvalue weighted by molar-refractivity contribution is -0.138. The van der Waals surface area contributed by atoms with Crippen LogP contribution in [-0.4, -0.2) is 32.2 Å². The van der Waals surface area contributed by atoms with E-state index in [4.69, 9.17) is 24.7 Å². The van der Waals surface area contributed by atoms with Gasteiger partial charge < -0.3 is 24.7 Å². The van der Waals surface area contributed by atoms with Crippen molar-refractivity contribution in [2.45, 2.75) is 13.5 Å². The summed E-state index contributed by atoms with van der Waals surface area (Å²) in [6.07, 6.45) is 2.97. The van der Waals surface area contributed by atoms with Crippen LogP contribution in [0.3, 0.4) is 0 Å². The summed E-state index contributed by atoms with van der Waals surface area (Å²) in [7, 11) is 1.56. The highest BCUT2D eigenvalue weighted by molar-refractivity contribution is 5.87. The van der Waals surface area contributed by atoms with E-state index in [2.05, 4.69) is 0 Å². The molecule has 0 spiro atoms. The standard InChI is InChI=1S/C21H23NO6/c1-3-26-18-9-7-15(12-19(18)25-2)8-10-21(24)28-13-16-5-4-6-17(11-16)27-14-20(22)23/h4-12H,3,13-14H2,1-2H3,(H2,22,23)/b10-8+. The summed E-state index contributed by atoms with van der Waals surface area (Å²) in [4.78, 5) is 22.7. The summed E-state index contributed by atoms with van der Waals surface area (Å²) >= 11 is 0. The number of primary amides is 1. The summed E-state index contributed by atoms with van der Waals surface area (Å²) in [5.74, 6) is 0.655. The van der Waals surface area contributed by atoms with E-state index in [0.717, 1.165) is 11.1 Å². The summed E-state index contributed by atoms with van der Waals surface area (Å²) < 4.78 is 21.2. The van der Waals surface area contributed by atoms with Crippen LogP contribution in [0.5, 0.6) is 17.2 Å². The Kier molecular flexibility index (Phi) is 7.90. The molecule has 7 nitrogen and oxygen atoms in total. The quantitative estimate of drug-likeness (QED) is 0.499. The molecule has 148 valence electrons. The van der Waals surface area contributed by atoms with Crippen LogP contribution >= 0.6 is 0 Å². The van der Waals surface area contributed by atoms with Gasteiger partial charge in [0.1, 0.15) is 12.4 Å². The zero-order valence-electron chi connectivity index (χ0n) is 15.8. The van der Waals surface area contributed by atoms with Gasteiger partial charge in [0.05, 0.1) is 13.7 Å². The third-order valence-electron chi connectivity index (χ3n) is 3.56. The van der Waals surface area contributed by atoms with Crippen molar-refractivity contribution in [3.05, 3.63) is 59.7 Å². The SMILES string of the molecule is CCOc1ccc(/C=C/C(=O)OCc2cccc(OCC(N)=O)c2)cc1OC. The van der Waals surface area contributed by atoms with E-state index < -0.39 is 11.9 Å². The molecule has 0 atom stereocenters. The number of amides is 1. The number of hydrogen-bond donors (Lipinski definition) is 1. The predicted molar refractivity (Wildman–Crippen MR) is 104 cm³/mol. The van der Waals surface area contributed by atoms with Gasteiger partial charge in [-0.1, -0.05) is 18.2 Å². The average molecular weight is 385 g/mol. The molecule has 0 aliphatic carbocycles. The van der Waals surface area contributed by atoms with Crippen molar-refractivity contribution in [1.29, 1.82) is 0 Å². The summed E-state index contributed by atoms with van der Waals surface area (Å²) in [6, 6.07) is 12.3. The Morgan fingerprint density at radius 1 is 1.07 bits per heavy atom. The van der Waals surface area contributed by atoms with Crippen molar-refractivity contribution in [3.8, 4) is 17.2 Å². The maximum Gasteiger partial charge on any atom is 0.331 e. The van der Waals surface area contributed by atoms with Crippen molar-refractivity contribution >= 4 is 18.0 Å². The zero-order chi connectivity index (χ0) is 20.4. The van der Waals surface area contributed by atoms with Gasteiger partial charge >= 0.3 is 5.97 Å². The van der Waals surface area contributed by atoms with Gasteiger partial charge in [0.25, 0.3) is 5.91 Å². The number of nitrogens with two attached hydrogens (primary N) is 1. The summed E-state index contributed by atoms with van der Waals surface area (Å²) in [5.41, 5.74) is 6.55. The monoisotopic (exact) mass is 385 g/mol. The van der Waals surface area contributed by atoms with Crippen LogP contribution in [0.25, 0.3) is 6.08 Å². The van der Waals surface area contributed by atoms with E-state index in [-0.39, 0.29) is 13.2 Å². The third kappa shape index (κ3) is 6.68. The molecule has 0 radical (unpaired) electrons. The Balaban J connectivity index is 1.92. The molecule has 0 bridgehead atoms. The van der Waals surface area contributed by atoms with Crippen molar-refractivity contribution in [3.63, 3.8) is 0 Å². The second kappa shape index (κ2) is 10.6. The molecule has 0 aromatic heterocycles. The number of carbonyl (C=O) groups is 2. The van der Waals surface area contributed by atoms with Gasteiger partial charge in [-0.2, -0.15) is 0 Å². The van der Waals surface area contributed by atoms with Crippen LogP contribution in [0, 0.1) is 0 Å². The highest BCUT2D eigenvalue weighted by Gasteiger charge is 2.05. The molecule has 7 heteroatoms. The van der Waals surface area contributed by atoms with E-state index in [9.17, 15) is 9.59 Å². The highest BCUT2D eigenvalue weighted by atomic mass is 16.5. The number of ether oxygens (including phenoxy) is 4. The number of carbonyl (C=O) groups excluding carboxylic acids is 2. The smallest absolute Gasteiger partial charge is 0.331 e. The first-order valence-electron chi connectivity index (χ1n) is 8.67. The first kappa shape index (κ1) is 20.8. The van der Waals surface area contributed by atoms with E-state index in [1.807, 2.05) is 13.0 Å². The lowest BCUT2D eigenvalue weighted by atomic mass is 10.2. The lowest BCUT2D eigenvalue weighted by Gasteiger charge is -2.09. The molecule has 0 saturated heterocycles. The van der Waals surface area contributed by atoms with Crippen LogP contribution in [0.2, 0.25) is 0 Å². The van der Waals surface area contributed by atoms with Gasteiger partial charge in [0.2, 0.25) is 0 Å². The summed E-state index contributed by atoms with van der Waals surface area (Å²) in [5, 5.41) is 0. The predicted octanol–water partition coefficient (Wildman–Crippen LogP) is 2.71. The number of methoxy groups -OCH3 is 1. The lowest BCUT2D eigenvalue weighted by Crippen LogP contribution is -2.20. The fraction of sp³-hybridized carbons (Fsp3) is 0.238. The molecule has 0 heterocycles. The molecule has 0 aliphatic rings. The Bertz CT molecular complexity index is 847. The molecule has 0 aliphatic heterocycles. The van der Waals surface area contributed by atoms with Crippen LogP contribution in [0.4, 0.5) is 0 Å². The average Bonchev–Trinajstić information content (AvgIpc) is 2.70. The molecular weight excluding hydrogens is 362 g/mol. The first-order chi connectivity index (χ1) is 13.5. The number of rotatable bonds is 10. The molecule has 0 fully saturated rings. The van der Waals surface area contributed by atoms with Crippen LogP contribution in [0.1, 0.15) is 18.1 Å². The molecule has 0 saturated carbocycles. The van der Waals surface area contributed by atoms with Crippen LogP contribution in [-0.2, 0) is 20.9 Å². The Morgan fingerprint density at radius 2 is 1.89 bits per heavy atom. The van der Waals surface area contributed by atoms with Crippen molar-refractivity contribution in [2.24, 2.45) is 5.73 Å². The van der Waals surface area contributed by atoms with Gasteiger partial charge in [-0.05, 0) is 48.4 Å². The van der Waals surface area contributed by atoms with Gasteiger partial charge in [-0.3, -0.25) is 4.79 Å². The van der Waals surface area contributed by atoms with E-state index in [0.29, 0.717) is 23.9 Å². The molecule has 2 N–H and O–H groups in total. The van der Waals surface area contributed by atoms with Crippen LogP contribution < -0.4 is 19.9 Å². The van der Waals surface area contributed by atoms with Gasteiger partial charge in [-0.25, -0.2) is 4.79 Å². The Morgan fingerprint density at radius 3 is 2.61 bits per heavy atom. The molecule has 28 heavy (non-hydrogen) atoms. The maximum atomic E-state index is 12.0. The Labute approximate surface area is 163 Å². The van der Waals surface area contributed by atoms with E-state index in [1.165, 1.54) is 6.08 Å². The first-order valence-corrected chi connectivity index (χ1v) is 8.67. The van der Waals surface area contributed by atoms with E-state index in [1.54, 1.807) is 49.6 Å². The topological polar surface area (TPSA) is 97.1 Å². The fourth-order valence-electron chi connectivity index (χ4n) is 2.31. The minimum Gasteiger partial charge on any atom is -0.493 e. The fourth-order valence-corrected chi connectivity index (χ4v) is 2.31. The zero-order valence-corrected chi connectivity index (χ0v) is 15.8.